The molecule has 2 amide bonds. The number of carbonyl (C=O) groups excluding carboxylic acids is 2. The lowest BCUT2D eigenvalue weighted by Gasteiger charge is -2.31. The standard InChI is InChI=1S/C20H29N3O2/c1-3-11-22(18-9-10-21-13-18)20(25)17-12-19(24)23(14-17)15(2)16-7-5-4-6-8-16/h4-8,15,17-18,21H,3,9-14H2,1-2H3. The molecule has 0 radical (unpaired) electrons. The number of hydrogen-bond acceptors (Lipinski definition) is 3. The van der Waals surface area contributed by atoms with Crippen LogP contribution in [-0.2, 0) is 9.59 Å². The van der Waals surface area contributed by atoms with Gasteiger partial charge in [0.2, 0.25) is 11.8 Å². The molecule has 1 aromatic carbocycles. The number of amides is 2. The van der Waals surface area contributed by atoms with E-state index < -0.39 is 0 Å². The quantitative estimate of drug-likeness (QED) is 0.861. The van der Waals surface area contributed by atoms with Crippen LogP contribution in [0.2, 0.25) is 0 Å². The van der Waals surface area contributed by atoms with E-state index in [9.17, 15) is 9.59 Å². The Labute approximate surface area is 150 Å². The maximum Gasteiger partial charge on any atom is 0.228 e. The van der Waals surface area contributed by atoms with Gasteiger partial charge in [-0.25, -0.2) is 0 Å². The molecule has 0 aliphatic carbocycles. The molecule has 3 rings (SSSR count). The zero-order chi connectivity index (χ0) is 17.8. The minimum absolute atomic E-state index is 0.0132. The third kappa shape index (κ3) is 3.87. The van der Waals surface area contributed by atoms with Gasteiger partial charge in [0.25, 0.3) is 0 Å². The summed E-state index contributed by atoms with van der Waals surface area (Å²) in [6, 6.07) is 10.3. The molecule has 3 atom stereocenters. The van der Waals surface area contributed by atoms with E-state index in [-0.39, 0.29) is 29.8 Å². The van der Waals surface area contributed by atoms with Gasteiger partial charge >= 0.3 is 0 Å². The second-order valence-corrected chi connectivity index (χ2v) is 7.21. The van der Waals surface area contributed by atoms with Crippen molar-refractivity contribution in [3.05, 3.63) is 35.9 Å². The van der Waals surface area contributed by atoms with Gasteiger partial charge in [0.05, 0.1) is 12.0 Å². The second kappa shape index (κ2) is 8.00. The predicted octanol–water partition coefficient (Wildman–Crippen LogP) is 2.20. The van der Waals surface area contributed by atoms with E-state index in [1.54, 1.807) is 0 Å². The van der Waals surface area contributed by atoms with Crippen molar-refractivity contribution >= 4 is 11.8 Å². The maximum atomic E-state index is 13.1. The van der Waals surface area contributed by atoms with E-state index in [1.807, 2.05) is 47.1 Å². The molecule has 2 aliphatic heterocycles. The van der Waals surface area contributed by atoms with E-state index in [2.05, 4.69) is 12.2 Å². The normalized spacial score (nSPS) is 24.6. The molecule has 0 aromatic heterocycles. The van der Waals surface area contributed by atoms with Crippen LogP contribution in [0.5, 0.6) is 0 Å². The third-order valence-corrected chi connectivity index (χ3v) is 5.48. The van der Waals surface area contributed by atoms with Crippen molar-refractivity contribution < 1.29 is 9.59 Å². The molecule has 2 aliphatic rings. The van der Waals surface area contributed by atoms with E-state index in [0.29, 0.717) is 13.0 Å². The first-order chi connectivity index (χ1) is 12.1. The molecule has 0 bridgehead atoms. The lowest BCUT2D eigenvalue weighted by Crippen LogP contribution is -2.45. The molecule has 136 valence electrons. The van der Waals surface area contributed by atoms with E-state index in [0.717, 1.165) is 38.0 Å². The van der Waals surface area contributed by atoms with Gasteiger partial charge in [-0.2, -0.15) is 0 Å². The number of benzene rings is 1. The number of carbonyl (C=O) groups is 2. The highest BCUT2D eigenvalue weighted by Gasteiger charge is 2.40. The first kappa shape index (κ1) is 17.9. The molecule has 5 heteroatoms. The smallest absolute Gasteiger partial charge is 0.228 e. The van der Waals surface area contributed by atoms with Gasteiger partial charge in [0.15, 0.2) is 0 Å². The van der Waals surface area contributed by atoms with Gasteiger partial charge in [0.1, 0.15) is 0 Å². The molecule has 1 aromatic rings. The van der Waals surface area contributed by atoms with Gasteiger partial charge in [-0.3, -0.25) is 9.59 Å². The van der Waals surface area contributed by atoms with Gasteiger partial charge in [0, 0.05) is 32.1 Å². The summed E-state index contributed by atoms with van der Waals surface area (Å²) in [6.45, 7) is 7.31. The summed E-state index contributed by atoms with van der Waals surface area (Å²) in [5.41, 5.74) is 1.12. The van der Waals surface area contributed by atoms with Crippen LogP contribution < -0.4 is 5.32 Å². The maximum absolute atomic E-state index is 13.1. The molecule has 5 nitrogen and oxygen atoms in total. The highest BCUT2D eigenvalue weighted by atomic mass is 16.2. The molecule has 1 N–H and O–H groups in total. The van der Waals surface area contributed by atoms with Crippen LogP contribution in [0.15, 0.2) is 30.3 Å². The summed E-state index contributed by atoms with van der Waals surface area (Å²) in [7, 11) is 0. The van der Waals surface area contributed by atoms with Crippen molar-refractivity contribution in [3.8, 4) is 0 Å². The number of rotatable bonds is 6. The Balaban J connectivity index is 1.69. The highest BCUT2D eigenvalue weighted by Crippen LogP contribution is 2.30. The molecule has 2 saturated heterocycles. The third-order valence-electron chi connectivity index (χ3n) is 5.48. The molecule has 0 spiro atoms. The van der Waals surface area contributed by atoms with Gasteiger partial charge in [-0.05, 0) is 31.9 Å². The second-order valence-electron chi connectivity index (χ2n) is 7.21. The average molecular weight is 343 g/mol. The van der Waals surface area contributed by atoms with Gasteiger partial charge in [-0.1, -0.05) is 37.3 Å². The molecular formula is C20H29N3O2. The number of nitrogens with one attached hydrogen (secondary N) is 1. The van der Waals surface area contributed by atoms with E-state index >= 15 is 0 Å². The molecule has 2 heterocycles. The zero-order valence-electron chi connectivity index (χ0n) is 15.3. The van der Waals surface area contributed by atoms with Crippen LogP contribution in [0.1, 0.15) is 44.7 Å². The van der Waals surface area contributed by atoms with Crippen molar-refractivity contribution in [2.45, 2.75) is 45.2 Å². The zero-order valence-corrected chi connectivity index (χ0v) is 15.3. The molecule has 25 heavy (non-hydrogen) atoms. The largest absolute Gasteiger partial charge is 0.338 e. The van der Waals surface area contributed by atoms with E-state index in [1.165, 1.54) is 0 Å². The topological polar surface area (TPSA) is 52.7 Å². The highest BCUT2D eigenvalue weighted by molar-refractivity contribution is 5.89. The Morgan fingerprint density at radius 2 is 2.12 bits per heavy atom. The Morgan fingerprint density at radius 1 is 1.36 bits per heavy atom. The molecule has 2 fully saturated rings. The molecule has 0 saturated carbocycles. The fourth-order valence-electron chi connectivity index (χ4n) is 4.04. The number of likely N-dealkylation sites (tertiary alicyclic amines) is 1. The minimum Gasteiger partial charge on any atom is -0.338 e. The van der Waals surface area contributed by atoms with Crippen LogP contribution in [0.4, 0.5) is 0 Å². The van der Waals surface area contributed by atoms with Crippen molar-refractivity contribution in [1.82, 2.24) is 15.1 Å². The Kier molecular flexibility index (Phi) is 5.74. The van der Waals surface area contributed by atoms with Crippen molar-refractivity contribution in [1.29, 1.82) is 0 Å². The monoisotopic (exact) mass is 343 g/mol. The summed E-state index contributed by atoms with van der Waals surface area (Å²) in [4.78, 5) is 29.5. The SMILES string of the molecule is CCCN(C(=O)C1CC(=O)N(C(C)c2ccccc2)C1)C1CCNC1. The van der Waals surface area contributed by atoms with Crippen LogP contribution in [0.3, 0.4) is 0 Å². The van der Waals surface area contributed by atoms with Crippen molar-refractivity contribution in [3.63, 3.8) is 0 Å². The van der Waals surface area contributed by atoms with Crippen molar-refractivity contribution in [2.24, 2.45) is 5.92 Å². The summed E-state index contributed by atoms with van der Waals surface area (Å²) in [5, 5.41) is 3.34. The van der Waals surface area contributed by atoms with Crippen molar-refractivity contribution in [2.75, 3.05) is 26.2 Å². The van der Waals surface area contributed by atoms with E-state index in [4.69, 9.17) is 0 Å². The first-order valence-electron chi connectivity index (χ1n) is 9.47. The summed E-state index contributed by atoms with van der Waals surface area (Å²) >= 11 is 0. The average Bonchev–Trinajstić information content (AvgIpc) is 3.29. The Bertz CT molecular complexity index is 598. The van der Waals surface area contributed by atoms with Gasteiger partial charge in [-0.15, -0.1) is 0 Å². The Hall–Kier alpha value is -1.88. The van der Waals surface area contributed by atoms with Crippen LogP contribution in [0, 0.1) is 5.92 Å². The van der Waals surface area contributed by atoms with Crippen LogP contribution in [-0.4, -0.2) is 53.8 Å². The fourth-order valence-corrected chi connectivity index (χ4v) is 4.04. The number of hydrogen-bond donors (Lipinski definition) is 1. The number of nitrogens with zero attached hydrogens (tertiary/aromatic N) is 2. The summed E-state index contributed by atoms with van der Waals surface area (Å²) in [6.07, 6.45) is 2.31. The molecular weight excluding hydrogens is 314 g/mol. The summed E-state index contributed by atoms with van der Waals surface area (Å²) < 4.78 is 0. The molecule has 3 unspecified atom stereocenters. The van der Waals surface area contributed by atoms with Gasteiger partial charge < -0.3 is 15.1 Å². The fraction of sp³-hybridized carbons (Fsp3) is 0.600. The predicted molar refractivity (Wildman–Crippen MR) is 98.0 cm³/mol. The summed E-state index contributed by atoms with van der Waals surface area (Å²) in [5.74, 6) is 0.0492. The minimum atomic E-state index is -0.203. The first-order valence-corrected chi connectivity index (χ1v) is 9.47. The lowest BCUT2D eigenvalue weighted by atomic mass is 10.0. The van der Waals surface area contributed by atoms with Crippen LogP contribution in [0.25, 0.3) is 0 Å². The van der Waals surface area contributed by atoms with Crippen LogP contribution >= 0.6 is 0 Å². The lowest BCUT2D eigenvalue weighted by molar-refractivity contribution is -0.137. The Morgan fingerprint density at radius 3 is 2.76 bits per heavy atom.